The topological polar surface area (TPSA) is 82.8 Å². The van der Waals surface area contributed by atoms with Gasteiger partial charge in [0.25, 0.3) is 0 Å². The second-order valence-electron chi connectivity index (χ2n) is 6.31. The molecule has 0 aliphatic carbocycles. The van der Waals surface area contributed by atoms with E-state index in [1.165, 1.54) is 12.1 Å². The monoisotopic (exact) mass is 340 g/mol. The number of likely N-dealkylation sites (tertiary alicyclic amines) is 1. The van der Waals surface area contributed by atoms with Crippen LogP contribution in [0.25, 0.3) is 11.8 Å². The average molecular weight is 340 g/mol. The van der Waals surface area contributed by atoms with E-state index in [9.17, 15) is 19.8 Å². The van der Waals surface area contributed by atoms with Gasteiger partial charge in [-0.2, -0.15) is 0 Å². The summed E-state index contributed by atoms with van der Waals surface area (Å²) in [6, 6.07) is 6.47. The number of benzene rings is 1. The van der Waals surface area contributed by atoms with Crippen molar-refractivity contribution in [1.82, 2.24) is 9.47 Å². The van der Waals surface area contributed by atoms with Crippen molar-refractivity contribution in [2.24, 2.45) is 0 Å². The number of amides is 1. The molecule has 1 aliphatic heterocycles. The standard InChI is InChI=1S/C19H20N2O4/c1-11-8-14(9-13-6-7-20(3)18(13)23)12(2)21(11)15-4-5-17(22)16(10-15)19(24)25/h4-5,8-10,22H,6-7H2,1-3H3,(H,24,25)/b13-9+. The van der Waals surface area contributed by atoms with Crippen molar-refractivity contribution >= 4 is 18.0 Å². The molecule has 0 saturated carbocycles. The zero-order valence-corrected chi connectivity index (χ0v) is 14.4. The summed E-state index contributed by atoms with van der Waals surface area (Å²) in [6.45, 7) is 4.57. The first-order chi connectivity index (χ1) is 11.8. The number of aromatic hydroxyl groups is 1. The van der Waals surface area contributed by atoms with E-state index in [1.54, 1.807) is 18.0 Å². The molecule has 6 heteroatoms. The number of carbonyl (C=O) groups is 2. The van der Waals surface area contributed by atoms with Gasteiger partial charge < -0.3 is 19.7 Å². The third kappa shape index (κ3) is 2.91. The fourth-order valence-electron chi connectivity index (χ4n) is 3.23. The van der Waals surface area contributed by atoms with Crippen LogP contribution in [-0.2, 0) is 4.79 Å². The quantitative estimate of drug-likeness (QED) is 0.842. The number of carboxylic acids is 1. The van der Waals surface area contributed by atoms with Crippen LogP contribution in [0.15, 0.2) is 29.8 Å². The minimum atomic E-state index is -1.18. The Balaban J connectivity index is 2.07. The van der Waals surface area contributed by atoms with Crippen LogP contribution in [0.5, 0.6) is 5.75 Å². The Morgan fingerprint density at radius 1 is 1.24 bits per heavy atom. The third-order valence-corrected chi connectivity index (χ3v) is 4.61. The number of nitrogens with zero attached hydrogens (tertiary/aromatic N) is 2. The first-order valence-electron chi connectivity index (χ1n) is 8.01. The highest BCUT2D eigenvalue weighted by atomic mass is 16.4. The van der Waals surface area contributed by atoms with E-state index in [-0.39, 0.29) is 17.2 Å². The second kappa shape index (κ2) is 6.12. The van der Waals surface area contributed by atoms with Gasteiger partial charge in [-0.25, -0.2) is 4.79 Å². The molecule has 130 valence electrons. The Hall–Kier alpha value is -3.02. The second-order valence-corrected chi connectivity index (χ2v) is 6.31. The van der Waals surface area contributed by atoms with E-state index >= 15 is 0 Å². The summed E-state index contributed by atoms with van der Waals surface area (Å²) in [5.74, 6) is -1.40. The van der Waals surface area contributed by atoms with Gasteiger partial charge in [-0.05, 0) is 56.2 Å². The van der Waals surface area contributed by atoms with Gasteiger partial charge in [-0.15, -0.1) is 0 Å². The highest BCUT2D eigenvalue weighted by Crippen LogP contribution is 2.28. The van der Waals surface area contributed by atoms with Crippen molar-refractivity contribution in [2.45, 2.75) is 20.3 Å². The van der Waals surface area contributed by atoms with Gasteiger partial charge in [-0.1, -0.05) is 0 Å². The molecule has 1 aromatic carbocycles. The largest absolute Gasteiger partial charge is 0.507 e. The summed E-state index contributed by atoms with van der Waals surface area (Å²) in [4.78, 5) is 25.1. The lowest BCUT2D eigenvalue weighted by molar-refractivity contribution is -0.123. The molecule has 1 fully saturated rings. The first-order valence-corrected chi connectivity index (χ1v) is 8.01. The van der Waals surface area contributed by atoms with Gasteiger partial charge >= 0.3 is 5.97 Å². The summed E-state index contributed by atoms with van der Waals surface area (Å²) in [6.07, 6.45) is 2.63. The van der Waals surface area contributed by atoms with E-state index in [1.807, 2.05) is 30.6 Å². The Morgan fingerprint density at radius 2 is 1.96 bits per heavy atom. The summed E-state index contributed by atoms with van der Waals surface area (Å²) in [5.41, 5.74) is 4.06. The SMILES string of the molecule is Cc1cc(/C=C2\CCN(C)C2=O)c(C)n1-c1ccc(O)c(C(=O)O)c1. The maximum atomic E-state index is 12.1. The normalized spacial score (nSPS) is 16.0. The Bertz CT molecular complexity index is 908. The number of rotatable bonds is 3. The molecule has 1 aromatic heterocycles. The molecule has 0 spiro atoms. The summed E-state index contributed by atoms with van der Waals surface area (Å²) >= 11 is 0. The number of aryl methyl sites for hydroxylation is 1. The minimum absolute atomic E-state index is 0.0441. The maximum absolute atomic E-state index is 12.1. The van der Waals surface area contributed by atoms with Crippen molar-refractivity contribution < 1.29 is 19.8 Å². The smallest absolute Gasteiger partial charge is 0.339 e. The minimum Gasteiger partial charge on any atom is -0.507 e. The highest BCUT2D eigenvalue weighted by Gasteiger charge is 2.23. The molecule has 3 rings (SSSR count). The molecule has 0 radical (unpaired) electrons. The molecule has 2 heterocycles. The Kier molecular flexibility index (Phi) is 4.12. The van der Waals surface area contributed by atoms with Crippen LogP contribution >= 0.6 is 0 Å². The molecule has 1 amide bonds. The van der Waals surface area contributed by atoms with Crippen molar-refractivity contribution in [3.8, 4) is 11.4 Å². The number of carbonyl (C=O) groups excluding carboxylic acids is 1. The molecule has 25 heavy (non-hydrogen) atoms. The molecule has 0 bridgehead atoms. The fourth-order valence-corrected chi connectivity index (χ4v) is 3.23. The van der Waals surface area contributed by atoms with E-state index in [0.717, 1.165) is 35.5 Å². The summed E-state index contributed by atoms with van der Waals surface area (Å²) < 4.78 is 1.92. The van der Waals surface area contributed by atoms with Crippen LogP contribution in [-0.4, -0.2) is 45.1 Å². The fraction of sp³-hybridized carbons (Fsp3) is 0.263. The molecule has 1 saturated heterocycles. The van der Waals surface area contributed by atoms with Crippen molar-refractivity contribution in [1.29, 1.82) is 0 Å². The lowest BCUT2D eigenvalue weighted by atomic mass is 10.1. The molecule has 0 unspecified atom stereocenters. The van der Waals surface area contributed by atoms with Gasteiger partial charge in [-0.3, -0.25) is 4.79 Å². The number of carboxylic acid groups (broad SMARTS) is 1. The van der Waals surface area contributed by atoms with E-state index in [4.69, 9.17) is 0 Å². The molecule has 1 aliphatic rings. The highest BCUT2D eigenvalue weighted by molar-refractivity contribution is 5.99. The van der Waals surface area contributed by atoms with Crippen LogP contribution < -0.4 is 0 Å². The van der Waals surface area contributed by atoms with Crippen LogP contribution in [0.1, 0.15) is 33.7 Å². The lowest BCUT2D eigenvalue weighted by Gasteiger charge is -2.11. The number of aromatic carboxylic acids is 1. The Labute approximate surface area is 145 Å². The van der Waals surface area contributed by atoms with E-state index in [2.05, 4.69) is 0 Å². The van der Waals surface area contributed by atoms with Crippen molar-refractivity contribution in [3.63, 3.8) is 0 Å². The average Bonchev–Trinajstić information content (AvgIpc) is 3.01. The maximum Gasteiger partial charge on any atom is 0.339 e. The van der Waals surface area contributed by atoms with Gasteiger partial charge in [0.15, 0.2) is 0 Å². The molecular formula is C19H20N2O4. The number of hydrogen-bond donors (Lipinski definition) is 2. The predicted octanol–water partition coefficient (Wildman–Crippen LogP) is 2.74. The van der Waals surface area contributed by atoms with Crippen LogP contribution in [0.3, 0.4) is 0 Å². The number of aromatic nitrogens is 1. The lowest BCUT2D eigenvalue weighted by Crippen LogP contribution is -2.18. The molecule has 6 nitrogen and oxygen atoms in total. The van der Waals surface area contributed by atoms with Gasteiger partial charge in [0, 0.05) is 36.2 Å². The first kappa shape index (κ1) is 16.8. The van der Waals surface area contributed by atoms with Gasteiger partial charge in [0.2, 0.25) is 5.91 Å². The van der Waals surface area contributed by atoms with Gasteiger partial charge in [0.1, 0.15) is 11.3 Å². The van der Waals surface area contributed by atoms with Crippen LogP contribution in [0.2, 0.25) is 0 Å². The summed E-state index contributed by atoms with van der Waals surface area (Å²) in [7, 11) is 1.79. The van der Waals surface area contributed by atoms with Crippen molar-refractivity contribution in [2.75, 3.05) is 13.6 Å². The van der Waals surface area contributed by atoms with Gasteiger partial charge in [0.05, 0.1) is 0 Å². The van der Waals surface area contributed by atoms with Crippen LogP contribution in [0, 0.1) is 13.8 Å². The number of hydrogen-bond acceptors (Lipinski definition) is 3. The number of likely N-dealkylation sites (N-methyl/N-ethyl adjacent to an activating group) is 1. The van der Waals surface area contributed by atoms with Crippen LogP contribution in [0.4, 0.5) is 0 Å². The number of phenols is 1. The van der Waals surface area contributed by atoms with Crippen molar-refractivity contribution in [3.05, 3.63) is 52.4 Å². The molecular weight excluding hydrogens is 320 g/mol. The Morgan fingerprint density at radius 3 is 2.56 bits per heavy atom. The predicted molar refractivity (Wildman–Crippen MR) is 94.1 cm³/mol. The third-order valence-electron chi connectivity index (χ3n) is 4.61. The summed E-state index contributed by atoms with van der Waals surface area (Å²) in [5, 5.41) is 18.9. The zero-order valence-electron chi connectivity index (χ0n) is 14.4. The van der Waals surface area contributed by atoms with E-state index < -0.39 is 5.97 Å². The zero-order chi connectivity index (χ0) is 18.3. The molecule has 0 atom stereocenters. The van der Waals surface area contributed by atoms with E-state index in [0.29, 0.717) is 5.69 Å². The molecule has 2 N–H and O–H groups in total. The molecule has 2 aromatic rings.